The quantitative estimate of drug-likeness (QED) is 0.753. The molecule has 3 saturated heterocycles. The van der Waals surface area contributed by atoms with Gasteiger partial charge >= 0.3 is 0 Å². The number of nitrogens with zero attached hydrogens (tertiary/aromatic N) is 3. The molecule has 3 heterocycles. The number of carbonyl (C=O) groups excluding carboxylic acids is 1. The van der Waals surface area contributed by atoms with Gasteiger partial charge in [0.1, 0.15) is 5.60 Å². The molecule has 3 aliphatic rings. The average Bonchev–Trinajstić information content (AvgIpc) is 2.53. The maximum atomic E-state index is 12.4. The molecule has 3 aliphatic heterocycles. The van der Waals surface area contributed by atoms with Crippen LogP contribution in [0.25, 0.3) is 0 Å². The van der Waals surface area contributed by atoms with Crippen LogP contribution in [0, 0.1) is 0 Å². The van der Waals surface area contributed by atoms with Crippen molar-refractivity contribution < 1.29 is 14.3 Å². The van der Waals surface area contributed by atoms with Gasteiger partial charge < -0.3 is 19.3 Å². The molecule has 0 aromatic rings. The molecule has 2 atom stereocenters. The third-order valence-corrected chi connectivity index (χ3v) is 5.26. The lowest BCUT2D eigenvalue weighted by Gasteiger charge is -2.47. The van der Waals surface area contributed by atoms with Gasteiger partial charge in [0.25, 0.3) is 0 Å². The molecule has 0 aromatic heterocycles. The van der Waals surface area contributed by atoms with E-state index < -0.39 is 0 Å². The number of piperazine rings is 1. The van der Waals surface area contributed by atoms with Crippen LogP contribution in [-0.2, 0) is 14.3 Å². The second-order valence-electron chi connectivity index (χ2n) is 7.44. The predicted molar refractivity (Wildman–Crippen MR) is 88.5 cm³/mol. The van der Waals surface area contributed by atoms with E-state index in [0.717, 1.165) is 65.3 Å². The van der Waals surface area contributed by atoms with Crippen molar-refractivity contribution in [1.82, 2.24) is 14.7 Å². The molecule has 1 spiro atoms. The highest BCUT2D eigenvalue weighted by Crippen LogP contribution is 2.30. The molecular weight excluding hydrogens is 294 g/mol. The predicted octanol–water partition coefficient (Wildman–Crippen LogP) is 0.420. The first kappa shape index (κ1) is 17.1. The van der Waals surface area contributed by atoms with Crippen molar-refractivity contribution in [3.05, 3.63) is 0 Å². The lowest BCUT2D eigenvalue weighted by atomic mass is 9.93. The molecule has 6 heteroatoms. The Bertz CT molecular complexity index is 404. The Morgan fingerprint density at radius 3 is 2.74 bits per heavy atom. The molecular formula is C17H31N3O3. The molecule has 23 heavy (non-hydrogen) atoms. The Labute approximate surface area is 139 Å². The van der Waals surface area contributed by atoms with Gasteiger partial charge in [-0.15, -0.1) is 0 Å². The summed E-state index contributed by atoms with van der Waals surface area (Å²) >= 11 is 0. The van der Waals surface area contributed by atoms with Crippen LogP contribution in [0.1, 0.15) is 26.2 Å². The van der Waals surface area contributed by atoms with Crippen LogP contribution in [0.15, 0.2) is 0 Å². The minimum absolute atomic E-state index is 0.146. The summed E-state index contributed by atoms with van der Waals surface area (Å²) in [6, 6.07) is 0. The molecule has 0 aliphatic carbocycles. The summed E-state index contributed by atoms with van der Waals surface area (Å²) < 4.78 is 11.9. The minimum Gasteiger partial charge on any atom is -0.378 e. The summed E-state index contributed by atoms with van der Waals surface area (Å²) in [6.07, 6.45) is 2.97. The fourth-order valence-electron chi connectivity index (χ4n) is 4.02. The SMILES string of the molecule is C[C@H]1CN(CCC(=O)N2CCN(C)CC2)C[C@]2(CCCOC2)O1. The lowest BCUT2D eigenvalue weighted by molar-refractivity contribution is -0.196. The van der Waals surface area contributed by atoms with Crippen LogP contribution in [0.4, 0.5) is 0 Å². The highest BCUT2D eigenvalue weighted by Gasteiger charge is 2.41. The van der Waals surface area contributed by atoms with Gasteiger partial charge in [-0.3, -0.25) is 9.69 Å². The zero-order valence-corrected chi connectivity index (χ0v) is 14.6. The van der Waals surface area contributed by atoms with Gasteiger partial charge in [-0.1, -0.05) is 0 Å². The van der Waals surface area contributed by atoms with Crippen molar-refractivity contribution in [1.29, 1.82) is 0 Å². The first-order chi connectivity index (χ1) is 11.1. The van der Waals surface area contributed by atoms with Gasteiger partial charge in [-0.05, 0) is 26.8 Å². The van der Waals surface area contributed by atoms with E-state index in [0.29, 0.717) is 18.9 Å². The first-order valence-electron chi connectivity index (χ1n) is 9.01. The number of hydrogen-bond acceptors (Lipinski definition) is 5. The number of likely N-dealkylation sites (N-methyl/N-ethyl adjacent to an activating group) is 1. The molecule has 132 valence electrons. The fraction of sp³-hybridized carbons (Fsp3) is 0.941. The Kier molecular flexibility index (Phi) is 5.57. The summed E-state index contributed by atoms with van der Waals surface area (Å²) in [4.78, 5) is 19.1. The third kappa shape index (κ3) is 4.44. The molecule has 3 rings (SSSR count). The first-order valence-corrected chi connectivity index (χ1v) is 9.01. The van der Waals surface area contributed by atoms with Crippen molar-refractivity contribution in [3.8, 4) is 0 Å². The van der Waals surface area contributed by atoms with Crippen LogP contribution in [0.3, 0.4) is 0 Å². The zero-order chi connectivity index (χ0) is 16.3. The smallest absolute Gasteiger partial charge is 0.223 e. The second-order valence-corrected chi connectivity index (χ2v) is 7.44. The monoisotopic (exact) mass is 325 g/mol. The Morgan fingerprint density at radius 2 is 2.04 bits per heavy atom. The molecule has 3 fully saturated rings. The van der Waals surface area contributed by atoms with Crippen molar-refractivity contribution in [2.75, 3.05) is 66.1 Å². The maximum Gasteiger partial charge on any atom is 0.223 e. The number of carbonyl (C=O) groups is 1. The Hall–Kier alpha value is -0.690. The van der Waals surface area contributed by atoms with Crippen molar-refractivity contribution >= 4 is 5.91 Å². The molecule has 0 N–H and O–H groups in total. The number of hydrogen-bond donors (Lipinski definition) is 0. The van der Waals surface area contributed by atoms with Crippen LogP contribution < -0.4 is 0 Å². The van der Waals surface area contributed by atoms with Gasteiger partial charge in [0.2, 0.25) is 5.91 Å². The Balaban J connectivity index is 1.48. The van der Waals surface area contributed by atoms with Crippen LogP contribution in [-0.4, -0.2) is 98.4 Å². The lowest BCUT2D eigenvalue weighted by Crippen LogP contribution is -2.59. The molecule has 0 radical (unpaired) electrons. The summed E-state index contributed by atoms with van der Waals surface area (Å²) in [5, 5.41) is 0. The molecule has 6 nitrogen and oxygen atoms in total. The van der Waals surface area contributed by atoms with Crippen molar-refractivity contribution in [2.45, 2.75) is 37.9 Å². The minimum atomic E-state index is -0.146. The average molecular weight is 325 g/mol. The van der Waals surface area contributed by atoms with Crippen LogP contribution in [0.2, 0.25) is 0 Å². The number of ether oxygens (including phenoxy) is 2. The Morgan fingerprint density at radius 1 is 1.26 bits per heavy atom. The van der Waals surface area contributed by atoms with Crippen molar-refractivity contribution in [3.63, 3.8) is 0 Å². The largest absolute Gasteiger partial charge is 0.378 e. The van der Waals surface area contributed by atoms with Gasteiger partial charge in [0, 0.05) is 58.8 Å². The van der Waals surface area contributed by atoms with E-state index >= 15 is 0 Å². The van der Waals surface area contributed by atoms with Crippen molar-refractivity contribution in [2.24, 2.45) is 0 Å². The highest BCUT2D eigenvalue weighted by molar-refractivity contribution is 5.76. The highest BCUT2D eigenvalue weighted by atomic mass is 16.6. The normalized spacial score (nSPS) is 34.0. The van der Waals surface area contributed by atoms with E-state index in [1.165, 1.54) is 0 Å². The standard InChI is InChI=1S/C17H31N3O3/c1-15-12-19(13-17(23-15)5-3-11-22-14-17)6-4-16(21)20-9-7-18(2)8-10-20/h15H,3-14H2,1-2H3/t15-,17-/m0/s1. The number of morpholine rings is 1. The molecule has 0 aromatic carbocycles. The van der Waals surface area contributed by atoms with E-state index in [1.54, 1.807) is 0 Å². The van der Waals surface area contributed by atoms with Crippen LogP contribution in [0.5, 0.6) is 0 Å². The fourth-order valence-corrected chi connectivity index (χ4v) is 4.02. The zero-order valence-electron chi connectivity index (χ0n) is 14.6. The summed E-state index contributed by atoms with van der Waals surface area (Å²) in [7, 11) is 2.11. The number of amides is 1. The summed E-state index contributed by atoms with van der Waals surface area (Å²) in [5.41, 5.74) is -0.146. The summed E-state index contributed by atoms with van der Waals surface area (Å²) in [5.74, 6) is 0.297. The second kappa shape index (κ2) is 7.47. The van der Waals surface area contributed by atoms with E-state index in [9.17, 15) is 4.79 Å². The maximum absolute atomic E-state index is 12.4. The van der Waals surface area contributed by atoms with E-state index in [2.05, 4.69) is 23.8 Å². The van der Waals surface area contributed by atoms with Crippen LogP contribution >= 0.6 is 0 Å². The van der Waals surface area contributed by atoms with Gasteiger partial charge in [0.05, 0.1) is 12.7 Å². The summed E-state index contributed by atoms with van der Waals surface area (Å²) in [6.45, 7) is 10.0. The third-order valence-electron chi connectivity index (χ3n) is 5.26. The van der Waals surface area contributed by atoms with E-state index in [4.69, 9.17) is 9.47 Å². The van der Waals surface area contributed by atoms with Gasteiger partial charge in [-0.2, -0.15) is 0 Å². The molecule has 0 saturated carbocycles. The molecule has 0 bridgehead atoms. The topological polar surface area (TPSA) is 45.3 Å². The van der Waals surface area contributed by atoms with E-state index in [-0.39, 0.29) is 11.7 Å². The molecule has 1 amide bonds. The molecule has 0 unspecified atom stereocenters. The van der Waals surface area contributed by atoms with E-state index in [1.807, 2.05) is 4.90 Å². The van der Waals surface area contributed by atoms with Gasteiger partial charge in [0.15, 0.2) is 0 Å². The number of rotatable bonds is 3. The van der Waals surface area contributed by atoms with Gasteiger partial charge in [-0.25, -0.2) is 0 Å².